The van der Waals surface area contributed by atoms with Crippen LogP contribution in [0.25, 0.3) is 22.6 Å². The molecule has 0 aliphatic heterocycles. The van der Waals surface area contributed by atoms with Gasteiger partial charge in [-0.2, -0.15) is 10.4 Å². The Kier molecular flexibility index (Phi) is 5.06. The van der Waals surface area contributed by atoms with Gasteiger partial charge in [0, 0.05) is 19.3 Å². The minimum Gasteiger partial charge on any atom is -0.332 e. The van der Waals surface area contributed by atoms with E-state index in [1.54, 1.807) is 16.9 Å². The average molecular weight is 403 g/mol. The number of nitrogens with one attached hydrogen (secondary N) is 1. The van der Waals surface area contributed by atoms with Gasteiger partial charge in [0.25, 0.3) is 5.56 Å². The summed E-state index contributed by atoms with van der Waals surface area (Å²) in [7, 11) is 0. The van der Waals surface area contributed by atoms with Crippen LogP contribution in [0.4, 0.5) is 0 Å². The van der Waals surface area contributed by atoms with Crippen molar-refractivity contribution in [3.05, 3.63) is 68.6 Å². The zero-order valence-electron chi connectivity index (χ0n) is 16.8. The standard InChI is InChI=1S/C21H21N7O2/c1-3-8-28-20(29)17-19(27(4-2)21(28)30)25-18(24-17)16-11-23-26(13-16)12-15-7-5-6-14(9-15)10-22/h5-7,9,11,13H,3-4,8,12H2,1-2H3,(H,24,25). The molecule has 4 aromatic rings. The van der Waals surface area contributed by atoms with Crippen molar-refractivity contribution in [3.63, 3.8) is 0 Å². The molecule has 0 saturated carbocycles. The van der Waals surface area contributed by atoms with E-state index in [9.17, 15) is 9.59 Å². The van der Waals surface area contributed by atoms with Crippen LogP contribution in [0.1, 0.15) is 31.4 Å². The van der Waals surface area contributed by atoms with Crippen LogP contribution in [0, 0.1) is 11.3 Å². The Morgan fingerprint density at radius 1 is 1.20 bits per heavy atom. The van der Waals surface area contributed by atoms with Gasteiger partial charge >= 0.3 is 5.69 Å². The van der Waals surface area contributed by atoms with Crippen LogP contribution in [0.3, 0.4) is 0 Å². The Bertz CT molecular complexity index is 1380. The lowest BCUT2D eigenvalue weighted by Gasteiger charge is -2.07. The Morgan fingerprint density at radius 2 is 2.03 bits per heavy atom. The van der Waals surface area contributed by atoms with E-state index in [4.69, 9.17) is 5.26 Å². The molecule has 0 aliphatic rings. The minimum atomic E-state index is -0.360. The number of imidazole rings is 1. The van der Waals surface area contributed by atoms with Gasteiger partial charge < -0.3 is 4.98 Å². The van der Waals surface area contributed by atoms with Crippen molar-refractivity contribution >= 4 is 11.2 Å². The molecule has 0 atom stereocenters. The highest BCUT2D eigenvalue weighted by Crippen LogP contribution is 2.18. The Balaban J connectivity index is 1.74. The van der Waals surface area contributed by atoms with Crippen molar-refractivity contribution in [2.24, 2.45) is 0 Å². The van der Waals surface area contributed by atoms with Gasteiger partial charge in [0.2, 0.25) is 0 Å². The lowest BCUT2D eigenvalue weighted by Crippen LogP contribution is -2.39. The zero-order valence-corrected chi connectivity index (χ0v) is 16.8. The fourth-order valence-electron chi connectivity index (χ4n) is 3.51. The normalized spacial score (nSPS) is 11.1. The molecule has 0 bridgehead atoms. The van der Waals surface area contributed by atoms with E-state index in [0.29, 0.717) is 54.2 Å². The third kappa shape index (κ3) is 3.33. The van der Waals surface area contributed by atoms with Gasteiger partial charge in [0.15, 0.2) is 5.65 Å². The number of rotatable bonds is 6. The highest BCUT2D eigenvalue weighted by atomic mass is 16.2. The highest BCUT2D eigenvalue weighted by molar-refractivity contribution is 5.75. The summed E-state index contributed by atoms with van der Waals surface area (Å²) < 4.78 is 4.49. The second kappa shape index (κ2) is 7.83. The summed E-state index contributed by atoms with van der Waals surface area (Å²) in [6.45, 7) is 5.05. The summed E-state index contributed by atoms with van der Waals surface area (Å²) >= 11 is 0. The maximum atomic E-state index is 12.8. The molecule has 3 aromatic heterocycles. The van der Waals surface area contributed by atoms with Crippen LogP contribution >= 0.6 is 0 Å². The molecule has 0 spiro atoms. The third-order valence-electron chi connectivity index (χ3n) is 4.93. The smallest absolute Gasteiger partial charge is 0.332 e. The largest absolute Gasteiger partial charge is 0.332 e. The number of H-pyrrole nitrogens is 1. The molecular formula is C21H21N7O2. The number of fused-ring (bicyclic) bond motifs is 1. The van der Waals surface area contributed by atoms with E-state index in [0.717, 1.165) is 5.56 Å². The van der Waals surface area contributed by atoms with Gasteiger partial charge in [-0.3, -0.25) is 18.6 Å². The van der Waals surface area contributed by atoms with Crippen LogP contribution in [0.5, 0.6) is 0 Å². The van der Waals surface area contributed by atoms with Crippen LogP contribution in [-0.2, 0) is 19.6 Å². The molecule has 30 heavy (non-hydrogen) atoms. The second-order valence-corrected chi connectivity index (χ2v) is 7.01. The fourth-order valence-corrected chi connectivity index (χ4v) is 3.51. The first kappa shape index (κ1) is 19.4. The van der Waals surface area contributed by atoms with Gasteiger partial charge in [0.05, 0.1) is 29.9 Å². The van der Waals surface area contributed by atoms with Gasteiger partial charge in [-0.05, 0) is 31.0 Å². The quantitative estimate of drug-likeness (QED) is 0.529. The summed E-state index contributed by atoms with van der Waals surface area (Å²) in [5.41, 5.74) is 2.22. The predicted molar refractivity (Wildman–Crippen MR) is 112 cm³/mol. The SMILES string of the molecule is CCCn1c(=O)c2[nH]c(-c3cnn(Cc4cccc(C#N)c4)c3)nc2n(CC)c1=O. The minimum absolute atomic E-state index is 0.314. The van der Waals surface area contributed by atoms with E-state index in [2.05, 4.69) is 21.1 Å². The third-order valence-corrected chi connectivity index (χ3v) is 4.93. The van der Waals surface area contributed by atoms with Crippen LogP contribution in [0.15, 0.2) is 46.2 Å². The number of hydrogen-bond acceptors (Lipinski definition) is 5. The van der Waals surface area contributed by atoms with Gasteiger partial charge in [-0.1, -0.05) is 19.1 Å². The van der Waals surface area contributed by atoms with E-state index in [1.165, 1.54) is 9.13 Å². The van der Waals surface area contributed by atoms with E-state index >= 15 is 0 Å². The number of aromatic amines is 1. The van der Waals surface area contributed by atoms with Crippen molar-refractivity contribution in [1.82, 2.24) is 28.9 Å². The van der Waals surface area contributed by atoms with E-state index in [-0.39, 0.29) is 11.2 Å². The Hall–Kier alpha value is -3.93. The number of aromatic nitrogens is 6. The molecule has 3 heterocycles. The monoisotopic (exact) mass is 403 g/mol. The summed E-state index contributed by atoms with van der Waals surface area (Å²) in [6.07, 6.45) is 4.16. The molecule has 152 valence electrons. The van der Waals surface area contributed by atoms with Crippen molar-refractivity contribution in [1.29, 1.82) is 5.26 Å². The molecule has 0 radical (unpaired) electrons. The summed E-state index contributed by atoms with van der Waals surface area (Å²) in [6, 6.07) is 9.47. The first-order valence-corrected chi connectivity index (χ1v) is 9.81. The molecule has 0 amide bonds. The summed E-state index contributed by atoms with van der Waals surface area (Å²) in [5, 5.41) is 13.4. The molecule has 1 N–H and O–H groups in total. The van der Waals surface area contributed by atoms with E-state index < -0.39 is 0 Å². The fraction of sp³-hybridized carbons (Fsp3) is 0.286. The lowest BCUT2D eigenvalue weighted by molar-refractivity contribution is 0.572. The molecule has 9 nitrogen and oxygen atoms in total. The molecule has 0 aliphatic carbocycles. The molecule has 9 heteroatoms. The molecular weight excluding hydrogens is 382 g/mol. The molecule has 4 rings (SSSR count). The number of nitriles is 1. The second-order valence-electron chi connectivity index (χ2n) is 7.01. The predicted octanol–water partition coefficient (Wildman–Crippen LogP) is 2.10. The van der Waals surface area contributed by atoms with Crippen LogP contribution in [0.2, 0.25) is 0 Å². The first-order chi connectivity index (χ1) is 14.5. The van der Waals surface area contributed by atoms with Crippen molar-refractivity contribution in [3.8, 4) is 17.5 Å². The summed E-state index contributed by atoms with van der Waals surface area (Å²) in [5.74, 6) is 0.481. The van der Waals surface area contributed by atoms with Crippen LogP contribution in [-0.4, -0.2) is 28.9 Å². The van der Waals surface area contributed by atoms with Crippen molar-refractivity contribution in [2.45, 2.75) is 39.9 Å². The molecule has 0 saturated heterocycles. The molecule has 0 fully saturated rings. The van der Waals surface area contributed by atoms with Crippen LogP contribution < -0.4 is 11.2 Å². The lowest BCUT2D eigenvalue weighted by atomic mass is 10.1. The topological polar surface area (TPSA) is 114 Å². The Morgan fingerprint density at radius 3 is 2.77 bits per heavy atom. The molecule has 0 unspecified atom stereocenters. The number of aryl methyl sites for hydroxylation is 1. The van der Waals surface area contributed by atoms with Gasteiger partial charge in [-0.25, -0.2) is 9.78 Å². The van der Waals surface area contributed by atoms with Crippen molar-refractivity contribution < 1.29 is 0 Å². The zero-order chi connectivity index (χ0) is 21.3. The average Bonchev–Trinajstić information content (AvgIpc) is 3.39. The highest BCUT2D eigenvalue weighted by Gasteiger charge is 2.17. The first-order valence-electron chi connectivity index (χ1n) is 9.81. The van der Waals surface area contributed by atoms with Crippen molar-refractivity contribution in [2.75, 3.05) is 0 Å². The Labute approximate surface area is 171 Å². The maximum absolute atomic E-state index is 12.8. The number of benzene rings is 1. The van der Waals surface area contributed by atoms with Gasteiger partial charge in [0.1, 0.15) is 11.3 Å². The maximum Gasteiger partial charge on any atom is 0.332 e. The number of hydrogen-bond donors (Lipinski definition) is 1. The van der Waals surface area contributed by atoms with E-state index in [1.807, 2.05) is 38.2 Å². The number of nitrogens with zero attached hydrogens (tertiary/aromatic N) is 6. The van der Waals surface area contributed by atoms with Gasteiger partial charge in [-0.15, -0.1) is 0 Å². The summed E-state index contributed by atoms with van der Waals surface area (Å²) in [4.78, 5) is 33.1. The molecule has 1 aromatic carbocycles.